The molecule has 0 spiro atoms. The van der Waals surface area contributed by atoms with Crippen LogP contribution in [0, 0.1) is 20.8 Å². The van der Waals surface area contributed by atoms with Crippen molar-refractivity contribution in [2.45, 2.75) is 27.4 Å². The number of aliphatic hydroxyl groups excluding tert-OH is 1. The normalized spacial score (nSPS) is 10.6. The molecule has 1 heterocycles. The second-order valence-electron chi connectivity index (χ2n) is 4.89. The zero-order valence-electron chi connectivity index (χ0n) is 11.9. The van der Waals surface area contributed by atoms with Crippen LogP contribution in [0.15, 0.2) is 30.3 Å². The monoisotopic (exact) mass is 256 g/mol. The van der Waals surface area contributed by atoms with Crippen molar-refractivity contribution >= 4 is 11.5 Å². The summed E-state index contributed by atoms with van der Waals surface area (Å²) >= 11 is 0. The molecule has 1 aromatic heterocycles. The Balaban J connectivity index is 2.55. The molecule has 0 bridgehead atoms. The number of benzene rings is 1. The average Bonchev–Trinajstić information content (AvgIpc) is 2.37. The lowest BCUT2D eigenvalue weighted by molar-refractivity contribution is 0.281. The van der Waals surface area contributed by atoms with E-state index in [0.29, 0.717) is 0 Å². The molecule has 0 unspecified atom stereocenters. The van der Waals surface area contributed by atoms with E-state index in [0.717, 1.165) is 28.3 Å². The van der Waals surface area contributed by atoms with Crippen LogP contribution in [-0.4, -0.2) is 17.1 Å². The van der Waals surface area contributed by atoms with Gasteiger partial charge in [-0.3, -0.25) is 0 Å². The number of aromatic nitrogens is 1. The van der Waals surface area contributed by atoms with Crippen molar-refractivity contribution in [2.75, 3.05) is 11.9 Å². The van der Waals surface area contributed by atoms with E-state index in [1.54, 1.807) is 0 Å². The SMILES string of the molecule is Cc1cc(C)c(CO)c(N(C)c2ccccc2C)n1. The van der Waals surface area contributed by atoms with Crippen LogP contribution < -0.4 is 4.90 Å². The Kier molecular flexibility index (Phi) is 3.86. The molecule has 0 aliphatic heterocycles. The summed E-state index contributed by atoms with van der Waals surface area (Å²) in [5.74, 6) is 0.828. The maximum Gasteiger partial charge on any atom is 0.138 e. The predicted molar refractivity (Wildman–Crippen MR) is 78.9 cm³/mol. The number of hydrogen-bond donors (Lipinski definition) is 1. The quantitative estimate of drug-likeness (QED) is 0.915. The molecule has 0 saturated carbocycles. The molecule has 0 amide bonds. The molecule has 1 N–H and O–H groups in total. The van der Waals surface area contributed by atoms with E-state index >= 15 is 0 Å². The van der Waals surface area contributed by atoms with Crippen molar-refractivity contribution in [3.63, 3.8) is 0 Å². The van der Waals surface area contributed by atoms with Gasteiger partial charge in [0, 0.05) is 24.0 Å². The van der Waals surface area contributed by atoms with Crippen LogP contribution in [0.5, 0.6) is 0 Å². The van der Waals surface area contributed by atoms with Gasteiger partial charge in [0.15, 0.2) is 0 Å². The molecule has 1 aromatic carbocycles. The van der Waals surface area contributed by atoms with E-state index in [9.17, 15) is 5.11 Å². The standard InChI is InChI=1S/C16H20N2O/c1-11-7-5-6-8-15(11)18(4)16-14(10-19)12(2)9-13(3)17-16/h5-9,19H,10H2,1-4H3. The summed E-state index contributed by atoms with van der Waals surface area (Å²) in [5, 5.41) is 9.59. The third-order valence-electron chi connectivity index (χ3n) is 3.41. The topological polar surface area (TPSA) is 36.4 Å². The Labute approximate surface area is 114 Å². The van der Waals surface area contributed by atoms with Crippen molar-refractivity contribution in [1.29, 1.82) is 0 Å². The minimum Gasteiger partial charge on any atom is -0.392 e. The number of nitrogens with zero attached hydrogens (tertiary/aromatic N) is 2. The Hall–Kier alpha value is -1.87. The second-order valence-corrected chi connectivity index (χ2v) is 4.89. The van der Waals surface area contributed by atoms with Gasteiger partial charge in [0.25, 0.3) is 0 Å². The van der Waals surface area contributed by atoms with Crippen LogP contribution in [-0.2, 0) is 6.61 Å². The highest BCUT2D eigenvalue weighted by Crippen LogP contribution is 2.29. The number of anilines is 2. The Bertz CT molecular complexity index is 593. The fourth-order valence-electron chi connectivity index (χ4n) is 2.37. The summed E-state index contributed by atoms with van der Waals surface area (Å²) in [4.78, 5) is 6.63. The van der Waals surface area contributed by atoms with Crippen LogP contribution in [0.2, 0.25) is 0 Å². The van der Waals surface area contributed by atoms with Crippen molar-refractivity contribution in [1.82, 2.24) is 4.98 Å². The molecule has 0 saturated heterocycles. The largest absolute Gasteiger partial charge is 0.392 e. The molecular weight excluding hydrogens is 236 g/mol. The third kappa shape index (κ3) is 2.61. The predicted octanol–water partition coefficient (Wildman–Crippen LogP) is 3.27. The highest BCUT2D eigenvalue weighted by atomic mass is 16.3. The van der Waals surface area contributed by atoms with Gasteiger partial charge in [-0.05, 0) is 44.0 Å². The molecule has 0 atom stereocenters. The minimum absolute atomic E-state index is 0.00463. The Morgan fingerprint density at radius 3 is 2.42 bits per heavy atom. The van der Waals surface area contributed by atoms with Gasteiger partial charge in [-0.1, -0.05) is 18.2 Å². The van der Waals surface area contributed by atoms with Crippen molar-refractivity contribution in [3.8, 4) is 0 Å². The molecule has 2 rings (SSSR count). The van der Waals surface area contributed by atoms with E-state index in [-0.39, 0.29) is 6.61 Å². The lowest BCUT2D eigenvalue weighted by Crippen LogP contribution is -2.16. The first-order valence-corrected chi connectivity index (χ1v) is 6.42. The first kappa shape index (κ1) is 13.6. The highest BCUT2D eigenvalue weighted by molar-refractivity contribution is 5.66. The molecule has 2 aromatic rings. The van der Waals surface area contributed by atoms with Crippen LogP contribution in [0.4, 0.5) is 11.5 Å². The summed E-state index contributed by atoms with van der Waals surface area (Å²) in [7, 11) is 1.99. The van der Waals surface area contributed by atoms with Gasteiger partial charge in [0.1, 0.15) is 5.82 Å². The fourth-order valence-corrected chi connectivity index (χ4v) is 2.37. The number of aryl methyl sites for hydroxylation is 3. The fraction of sp³-hybridized carbons (Fsp3) is 0.312. The van der Waals surface area contributed by atoms with Crippen molar-refractivity contribution < 1.29 is 5.11 Å². The van der Waals surface area contributed by atoms with Gasteiger partial charge in [0.05, 0.1) is 6.61 Å². The minimum atomic E-state index is 0.00463. The van der Waals surface area contributed by atoms with Crippen LogP contribution >= 0.6 is 0 Å². The van der Waals surface area contributed by atoms with E-state index in [4.69, 9.17) is 0 Å². The van der Waals surface area contributed by atoms with Gasteiger partial charge in [0.2, 0.25) is 0 Å². The number of rotatable bonds is 3. The van der Waals surface area contributed by atoms with Gasteiger partial charge < -0.3 is 10.0 Å². The van der Waals surface area contributed by atoms with Crippen LogP contribution in [0.1, 0.15) is 22.4 Å². The van der Waals surface area contributed by atoms with Gasteiger partial charge in [-0.2, -0.15) is 0 Å². The maximum atomic E-state index is 9.59. The molecule has 0 fully saturated rings. The first-order chi connectivity index (χ1) is 9.04. The maximum absolute atomic E-state index is 9.59. The molecular formula is C16H20N2O. The number of pyridine rings is 1. The third-order valence-corrected chi connectivity index (χ3v) is 3.41. The Morgan fingerprint density at radius 2 is 1.79 bits per heavy atom. The van der Waals surface area contributed by atoms with Crippen molar-refractivity contribution in [2.24, 2.45) is 0 Å². The summed E-state index contributed by atoms with van der Waals surface area (Å²) < 4.78 is 0. The molecule has 0 aliphatic carbocycles. The van der Waals surface area contributed by atoms with Crippen LogP contribution in [0.25, 0.3) is 0 Å². The molecule has 0 radical (unpaired) electrons. The van der Waals surface area contributed by atoms with E-state index in [2.05, 4.69) is 24.0 Å². The van der Waals surface area contributed by atoms with Crippen molar-refractivity contribution in [3.05, 3.63) is 52.7 Å². The van der Waals surface area contributed by atoms with Gasteiger partial charge in [-0.15, -0.1) is 0 Å². The van der Waals surface area contributed by atoms with E-state index < -0.39 is 0 Å². The number of para-hydroxylation sites is 1. The molecule has 19 heavy (non-hydrogen) atoms. The molecule has 3 nitrogen and oxygen atoms in total. The number of aliphatic hydroxyl groups is 1. The molecule has 100 valence electrons. The summed E-state index contributed by atoms with van der Waals surface area (Å²) in [5.41, 5.74) is 5.22. The zero-order valence-corrected chi connectivity index (χ0v) is 11.9. The lowest BCUT2D eigenvalue weighted by Gasteiger charge is -2.24. The summed E-state index contributed by atoms with van der Waals surface area (Å²) in [6.07, 6.45) is 0. The summed E-state index contributed by atoms with van der Waals surface area (Å²) in [6, 6.07) is 10.2. The first-order valence-electron chi connectivity index (χ1n) is 6.42. The average molecular weight is 256 g/mol. The van der Waals surface area contributed by atoms with E-state index in [1.807, 2.05) is 44.0 Å². The smallest absolute Gasteiger partial charge is 0.138 e. The lowest BCUT2D eigenvalue weighted by atomic mass is 10.1. The Morgan fingerprint density at radius 1 is 1.11 bits per heavy atom. The second kappa shape index (κ2) is 5.41. The van der Waals surface area contributed by atoms with Gasteiger partial charge >= 0.3 is 0 Å². The van der Waals surface area contributed by atoms with Gasteiger partial charge in [-0.25, -0.2) is 4.98 Å². The summed E-state index contributed by atoms with van der Waals surface area (Å²) in [6.45, 7) is 6.07. The van der Waals surface area contributed by atoms with E-state index in [1.165, 1.54) is 5.56 Å². The number of hydrogen-bond acceptors (Lipinski definition) is 3. The molecule has 0 aliphatic rings. The highest BCUT2D eigenvalue weighted by Gasteiger charge is 2.14. The zero-order chi connectivity index (χ0) is 14.0. The van der Waals surface area contributed by atoms with Crippen LogP contribution in [0.3, 0.4) is 0 Å². The molecule has 3 heteroatoms.